The Morgan fingerprint density at radius 2 is 2.00 bits per heavy atom. The van der Waals surface area contributed by atoms with E-state index in [1.165, 1.54) is 0 Å². The molecule has 2 unspecified atom stereocenters. The molecule has 19 heavy (non-hydrogen) atoms. The Bertz CT molecular complexity index is 416. The summed E-state index contributed by atoms with van der Waals surface area (Å²) in [5, 5.41) is 10.4. The number of hydrogen-bond donors (Lipinski definition) is 1. The minimum Gasteiger partial charge on any atom is -0.388 e. The van der Waals surface area contributed by atoms with Gasteiger partial charge in [-0.15, -0.1) is 0 Å². The van der Waals surface area contributed by atoms with Crippen LogP contribution in [0.3, 0.4) is 0 Å². The predicted molar refractivity (Wildman–Crippen MR) is 75.5 cm³/mol. The molecule has 1 aliphatic heterocycles. The van der Waals surface area contributed by atoms with Crippen molar-refractivity contribution in [1.29, 1.82) is 0 Å². The van der Waals surface area contributed by atoms with Crippen LogP contribution >= 0.6 is 0 Å². The van der Waals surface area contributed by atoms with Crippen molar-refractivity contribution in [3.05, 3.63) is 35.9 Å². The summed E-state index contributed by atoms with van der Waals surface area (Å²) in [6.45, 7) is 5.82. The maximum atomic E-state index is 11.9. The van der Waals surface area contributed by atoms with Crippen LogP contribution in [0.1, 0.15) is 38.4 Å². The summed E-state index contributed by atoms with van der Waals surface area (Å²) < 4.78 is 0. The van der Waals surface area contributed by atoms with Crippen LogP contribution in [0.2, 0.25) is 0 Å². The van der Waals surface area contributed by atoms with E-state index in [-0.39, 0.29) is 11.8 Å². The van der Waals surface area contributed by atoms with Gasteiger partial charge in [-0.1, -0.05) is 44.2 Å². The minimum absolute atomic E-state index is 0.0297. The molecule has 1 aromatic rings. The van der Waals surface area contributed by atoms with Crippen molar-refractivity contribution in [3.8, 4) is 0 Å². The molecule has 0 spiro atoms. The molecule has 0 radical (unpaired) electrons. The van der Waals surface area contributed by atoms with Gasteiger partial charge >= 0.3 is 0 Å². The molecular formula is C16H23NO2. The van der Waals surface area contributed by atoms with E-state index in [1.807, 2.05) is 35.2 Å². The molecule has 0 saturated carbocycles. The lowest BCUT2D eigenvalue weighted by atomic mass is 9.95. The van der Waals surface area contributed by atoms with E-state index in [1.54, 1.807) is 0 Å². The van der Waals surface area contributed by atoms with Gasteiger partial charge in [0, 0.05) is 25.4 Å². The fourth-order valence-corrected chi connectivity index (χ4v) is 2.57. The molecule has 1 aromatic carbocycles. The Hall–Kier alpha value is -1.35. The van der Waals surface area contributed by atoms with Gasteiger partial charge in [-0.2, -0.15) is 0 Å². The lowest BCUT2D eigenvalue weighted by Gasteiger charge is -2.20. The number of benzene rings is 1. The highest BCUT2D eigenvalue weighted by Crippen LogP contribution is 2.30. The predicted octanol–water partition coefficient (Wildman–Crippen LogP) is 2.61. The molecular weight excluding hydrogens is 238 g/mol. The fraction of sp³-hybridized carbons (Fsp3) is 0.562. The highest BCUT2D eigenvalue weighted by Gasteiger charge is 2.34. The van der Waals surface area contributed by atoms with Gasteiger partial charge in [0.1, 0.15) is 0 Å². The van der Waals surface area contributed by atoms with Crippen molar-refractivity contribution in [2.45, 2.75) is 32.8 Å². The average Bonchev–Trinajstić information content (AvgIpc) is 2.78. The Morgan fingerprint density at radius 3 is 2.63 bits per heavy atom. The molecule has 1 fully saturated rings. The largest absolute Gasteiger partial charge is 0.388 e. The first-order valence-corrected chi connectivity index (χ1v) is 7.08. The second-order valence-electron chi connectivity index (χ2n) is 5.84. The molecule has 0 aromatic heterocycles. The first kappa shape index (κ1) is 14.1. The van der Waals surface area contributed by atoms with E-state index < -0.39 is 6.10 Å². The first-order chi connectivity index (χ1) is 9.08. The van der Waals surface area contributed by atoms with Crippen molar-refractivity contribution in [2.24, 2.45) is 11.8 Å². The Balaban J connectivity index is 1.95. The monoisotopic (exact) mass is 261 g/mol. The number of aliphatic hydroxyl groups excluding tert-OH is 1. The molecule has 0 bridgehead atoms. The molecule has 0 aliphatic carbocycles. The molecule has 1 N–H and O–H groups in total. The summed E-state index contributed by atoms with van der Waals surface area (Å²) >= 11 is 0. The number of aliphatic hydroxyl groups is 1. The van der Waals surface area contributed by atoms with E-state index >= 15 is 0 Å². The quantitative estimate of drug-likeness (QED) is 0.885. The summed E-state index contributed by atoms with van der Waals surface area (Å²) in [6, 6.07) is 9.63. The standard InChI is InChI=1S/C16H23NO2/c1-12(2)8-9-17-11-14(10-15(17)18)16(19)13-6-4-3-5-7-13/h3-7,12,14,16,19H,8-11H2,1-2H3. The lowest BCUT2D eigenvalue weighted by molar-refractivity contribution is -0.127. The van der Waals surface area contributed by atoms with Gasteiger partial charge < -0.3 is 10.0 Å². The summed E-state index contributed by atoms with van der Waals surface area (Å²) in [4.78, 5) is 13.8. The normalized spacial score (nSPS) is 21.2. The van der Waals surface area contributed by atoms with Gasteiger partial charge in [-0.25, -0.2) is 0 Å². The van der Waals surface area contributed by atoms with Crippen LogP contribution in [0.4, 0.5) is 0 Å². The summed E-state index contributed by atoms with van der Waals surface area (Å²) in [5.41, 5.74) is 0.908. The molecule has 2 atom stereocenters. The smallest absolute Gasteiger partial charge is 0.223 e. The van der Waals surface area contributed by atoms with Crippen molar-refractivity contribution in [2.75, 3.05) is 13.1 Å². The maximum absolute atomic E-state index is 11.9. The number of likely N-dealkylation sites (tertiary alicyclic amines) is 1. The Morgan fingerprint density at radius 1 is 1.32 bits per heavy atom. The molecule has 3 heteroatoms. The van der Waals surface area contributed by atoms with E-state index in [0.717, 1.165) is 18.5 Å². The van der Waals surface area contributed by atoms with Gasteiger partial charge in [0.15, 0.2) is 0 Å². The third kappa shape index (κ3) is 3.57. The second kappa shape index (κ2) is 6.20. The highest BCUT2D eigenvalue weighted by atomic mass is 16.3. The third-order valence-corrected chi connectivity index (χ3v) is 3.81. The van der Waals surface area contributed by atoms with Crippen molar-refractivity contribution >= 4 is 5.91 Å². The van der Waals surface area contributed by atoms with Gasteiger partial charge in [-0.3, -0.25) is 4.79 Å². The number of nitrogens with zero attached hydrogens (tertiary/aromatic N) is 1. The minimum atomic E-state index is -0.533. The summed E-state index contributed by atoms with van der Waals surface area (Å²) in [5.74, 6) is 0.814. The zero-order valence-corrected chi connectivity index (χ0v) is 11.7. The van der Waals surface area contributed by atoms with E-state index in [0.29, 0.717) is 18.9 Å². The first-order valence-electron chi connectivity index (χ1n) is 7.08. The SMILES string of the molecule is CC(C)CCN1CC(C(O)c2ccccc2)CC1=O. The molecule has 1 aliphatic rings. The topological polar surface area (TPSA) is 40.5 Å². The second-order valence-corrected chi connectivity index (χ2v) is 5.84. The van der Waals surface area contributed by atoms with Gasteiger partial charge in [-0.05, 0) is 17.9 Å². The zero-order valence-electron chi connectivity index (χ0n) is 11.7. The third-order valence-electron chi connectivity index (χ3n) is 3.81. The van der Waals surface area contributed by atoms with Gasteiger partial charge in [0.25, 0.3) is 0 Å². The fourth-order valence-electron chi connectivity index (χ4n) is 2.57. The van der Waals surface area contributed by atoms with Crippen LogP contribution in [0, 0.1) is 11.8 Å². The Kier molecular flexibility index (Phi) is 4.59. The summed E-state index contributed by atoms with van der Waals surface area (Å²) in [7, 11) is 0. The molecule has 3 nitrogen and oxygen atoms in total. The zero-order chi connectivity index (χ0) is 13.8. The lowest BCUT2D eigenvalue weighted by Crippen LogP contribution is -2.27. The van der Waals surface area contributed by atoms with Crippen LogP contribution in [0.5, 0.6) is 0 Å². The maximum Gasteiger partial charge on any atom is 0.223 e. The number of hydrogen-bond acceptors (Lipinski definition) is 2. The van der Waals surface area contributed by atoms with Gasteiger partial charge in [0.2, 0.25) is 5.91 Å². The average molecular weight is 261 g/mol. The molecule has 2 rings (SSSR count). The number of amides is 1. The number of carbonyl (C=O) groups is 1. The van der Waals surface area contributed by atoms with Crippen LogP contribution < -0.4 is 0 Å². The van der Waals surface area contributed by atoms with Crippen LogP contribution in [0.25, 0.3) is 0 Å². The van der Waals surface area contributed by atoms with Gasteiger partial charge in [0.05, 0.1) is 6.10 Å². The highest BCUT2D eigenvalue weighted by molar-refractivity contribution is 5.78. The Labute approximate surface area is 115 Å². The van der Waals surface area contributed by atoms with E-state index in [4.69, 9.17) is 0 Å². The van der Waals surface area contributed by atoms with Crippen LogP contribution in [0.15, 0.2) is 30.3 Å². The van der Waals surface area contributed by atoms with Crippen LogP contribution in [-0.4, -0.2) is 29.0 Å². The molecule has 1 heterocycles. The molecule has 1 amide bonds. The van der Waals surface area contributed by atoms with Crippen molar-refractivity contribution in [3.63, 3.8) is 0 Å². The number of carbonyl (C=O) groups excluding carboxylic acids is 1. The van der Waals surface area contributed by atoms with Crippen LogP contribution in [-0.2, 0) is 4.79 Å². The summed E-state index contributed by atoms with van der Waals surface area (Å²) in [6.07, 6.45) is 0.961. The number of rotatable bonds is 5. The van der Waals surface area contributed by atoms with Crippen molar-refractivity contribution < 1.29 is 9.90 Å². The van der Waals surface area contributed by atoms with Crippen molar-refractivity contribution in [1.82, 2.24) is 4.90 Å². The van der Waals surface area contributed by atoms with E-state index in [9.17, 15) is 9.90 Å². The molecule has 104 valence electrons. The molecule has 1 saturated heterocycles. The van der Waals surface area contributed by atoms with E-state index in [2.05, 4.69) is 13.8 Å².